The Morgan fingerprint density at radius 2 is 1.63 bits per heavy atom. The molecule has 98 valence electrons. The summed E-state index contributed by atoms with van der Waals surface area (Å²) in [5, 5.41) is 0. The van der Waals surface area contributed by atoms with Crippen molar-refractivity contribution in [3.8, 4) is 22.6 Å². The van der Waals surface area contributed by atoms with E-state index in [1.165, 1.54) is 6.92 Å². The Kier molecular flexibility index (Phi) is 3.85. The van der Waals surface area contributed by atoms with Crippen LogP contribution in [0.1, 0.15) is 17.3 Å². The number of hydrogen-bond acceptors (Lipinski definition) is 3. The molecule has 0 fully saturated rings. The molecule has 0 bridgehead atoms. The predicted molar refractivity (Wildman–Crippen MR) is 75.0 cm³/mol. The van der Waals surface area contributed by atoms with Crippen molar-refractivity contribution in [2.75, 3.05) is 14.2 Å². The molecule has 0 N–H and O–H groups in total. The van der Waals surface area contributed by atoms with Crippen molar-refractivity contribution in [2.45, 2.75) is 6.92 Å². The van der Waals surface area contributed by atoms with Gasteiger partial charge in [-0.2, -0.15) is 0 Å². The van der Waals surface area contributed by atoms with E-state index in [2.05, 4.69) is 0 Å². The molecule has 3 heteroatoms. The van der Waals surface area contributed by atoms with E-state index in [1.54, 1.807) is 26.4 Å². The number of carbonyl (C=O) groups excluding carboxylic acids is 1. The maximum absolute atomic E-state index is 11.7. The largest absolute Gasteiger partial charge is 0.496 e. The van der Waals surface area contributed by atoms with Crippen LogP contribution >= 0.6 is 0 Å². The average Bonchev–Trinajstić information content (AvgIpc) is 2.46. The van der Waals surface area contributed by atoms with E-state index >= 15 is 0 Å². The average molecular weight is 256 g/mol. The monoisotopic (exact) mass is 256 g/mol. The number of ketones is 1. The number of carbonyl (C=O) groups is 1. The van der Waals surface area contributed by atoms with Crippen LogP contribution in [-0.2, 0) is 0 Å². The van der Waals surface area contributed by atoms with Gasteiger partial charge in [0, 0.05) is 0 Å². The van der Waals surface area contributed by atoms with Gasteiger partial charge < -0.3 is 9.47 Å². The highest BCUT2D eigenvalue weighted by molar-refractivity contribution is 6.00. The third-order valence-corrected chi connectivity index (χ3v) is 2.99. The number of Topliss-reactive ketones (excluding diaryl/α,β-unsaturated/α-hetero) is 1. The van der Waals surface area contributed by atoms with Crippen LogP contribution in [0.25, 0.3) is 11.1 Å². The van der Waals surface area contributed by atoms with E-state index in [0.717, 1.165) is 11.1 Å². The predicted octanol–water partition coefficient (Wildman–Crippen LogP) is 3.57. The third kappa shape index (κ3) is 2.45. The molecular formula is C16H16O3. The number of rotatable bonds is 4. The van der Waals surface area contributed by atoms with Crippen LogP contribution in [-0.4, -0.2) is 20.0 Å². The van der Waals surface area contributed by atoms with Crippen LogP contribution in [0.4, 0.5) is 0 Å². The Balaban J connectivity index is 2.75. The molecule has 0 aliphatic rings. The van der Waals surface area contributed by atoms with Gasteiger partial charge in [0.2, 0.25) is 0 Å². The van der Waals surface area contributed by atoms with Crippen molar-refractivity contribution in [3.05, 3.63) is 48.0 Å². The standard InChI is InChI=1S/C16H16O3/c1-11(17)13-9-10-14(18-2)15(16(13)19-3)12-7-5-4-6-8-12/h4-10H,1-3H3. The smallest absolute Gasteiger partial charge is 0.163 e. The van der Waals surface area contributed by atoms with Gasteiger partial charge in [-0.05, 0) is 24.6 Å². The number of benzene rings is 2. The molecule has 0 aliphatic heterocycles. The summed E-state index contributed by atoms with van der Waals surface area (Å²) in [6.07, 6.45) is 0. The lowest BCUT2D eigenvalue weighted by Crippen LogP contribution is -2.01. The van der Waals surface area contributed by atoms with Crippen molar-refractivity contribution in [1.29, 1.82) is 0 Å². The maximum Gasteiger partial charge on any atom is 0.163 e. The van der Waals surface area contributed by atoms with Crippen LogP contribution < -0.4 is 9.47 Å². The fraction of sp³-hybridized carbons (Fsp3) is 0.188. The molecule has 0 aromatic heterocycles. The highest BCUT2D eigenvalue weighted by Gasteiger charge is 2.18. The molecule has 2 rings (SSSR count). The first-order valence-corrected chi connectivity index (χ1v) is 6.00. The Bertz CT molecular complexity index is 588. The first kappa shape index (κ1) is 13.1. The second-order valence-electron chi connectivity index (χ2n) is 4.15. The quantitative estimate of drug-likeness (QED) is 0.784. The molecule has 0 unspecified atom stereocenters. The minimum absolute atomic E-state index is 0.0308. The van der Waals surface area contributed by atoms with Gasteiger partial charge >= 0.3 is 0 Å². The fourth-order valence-electron chi connectivity index (χ4n) is 2.10. The molecule has 0 atom stereocenters. The van der Waals surface area contributed by atoms with Crippen molar-refractivity contribution in [2.24, 2.45) is 0 Å². The fourth-order valence-corrected chi connectivity index (χ4v) is 2.10. The topological polar surface area (TPSA) is 35.5 Å². The highest BCUT2D eigenvalue weighted by Crippen LogP contribution is 2.40. The van der Waals surface area contributed by atoms with Gasteiger partial charge in [0.25, 0.3) is 0 Å². The Hall–Kier alpha value is -2.29. The minimum Gasteiger partial charge on any atom is -0.496 e. The van der Waals surface area contributed by atoms with Crippen LogP contribution in [0.2, 0.25) is 0 Å². The summed E-state index contributed by atoms with van der Waals surface area (Å²) in [4.78, 5) is 11.7. The van der Waals surface area contributed by atoms with E-state index in [0.29, 0.717) is 17.1 Å². The zero-order valence-corrected chi connectivity index (χ0v) is 11.3. The highest BCUT2D eigenvalue weighted by atomic mass is 16.5. The van der Waals surface area contributed by atoms with Gasteiger partial charge in [0.15, 0.2) is 5.78 Å². The van der Waals surface area contributed by atoms with Gasteiger partial charge in [0.05, 0.1) is 25.3 Å². The zero-order chi connectivity index (χ0) is 13.8. The molecule has 0 radical (unpaired) electrons. The van der Waals surface area contributed by atoms with Crippen molar-refractivity contribution in [3.63, 3.8) is 0 Å². The minimum atomic E-state index is -0.0308. The first-order chi connectivity index (χ1) is 9.19. The summed E-state index contributed by atoms with van der Waals surface area (Å²) in [7, 11) is 3.17. The lowest BCUT2D eigenvalue weighted by molar-refractivity contribution is 0.101. The number of hydrogen-bond donors (Lipinski definition) is 0. The molecule has 3 nitrogen and oxygen atoms in total. The summed E-state index contributed by atoms with van der Waals surface area (Å²) >= 11 is 0. The molecule has 2 aromatic carbocycles. The number of methoxy groups -OCH3 is 2. The zero-order valence-electron chi connectivity index (χ0n) is 11.3. The lowest BCUT2D eigenvalue weighted by atomic mass is 9.98. The number of ether oxygens (including phenoxy) is 2. The van der Waals surface area contributed by atoms with Gasteiger partial charge in [-0.25, -0.2) is 0 Å². The van der Waals surface area contributed by atoms with E-state index in [-0.39, 0.29) is 5.78 Å². The van der Waals surface area contributed by atoms with Gasteiger partial charge in [-0.3, -0.25) is 4.79 Å². The maximum atomic E-state index is 11.7. The second kappa shape index (κ2) is 5.57. The summed E-state index contributed by atoms with van der Waals surface area (Å²) in [6.45, 7) is 1.53. The summed E-state index contributed by atoms with van der Waals surface area (Å²) in [5.41, 5.74) is 2.32. The van der Waals surface area contributed by atoms with Crippen molar-refractivity contribution in [1.82, 2.24) is 0 Å². The lowest BCUT2D eigenvalue weighted by Gasteiger charge is -2.16. The third-order valence-electron chi connectivity index (χ3n) is 2.99. The van der Waals surface area contributed by atoms with Crippen LogP contribution in [0.3, 0.4) is 0 Å². The first-order valence-electron chi connectivity index (χ1n) is 6.00. The molecule has 0 spiro atoms. The molecule has 0 amide bonds. The van der Waals surface area contributed by atoms with E-state index in [9.17, 15) is 4.79 Å². The molecular weight excluding hydrogens is 240 g/mol. The molecule has 2 aromatic rings. The molecule has 0 saturated carbocycles. The Labute approximate surface area is 112 Å². The van der Waals surface area contributed by atoms with Gasteiger partial charge in [0.1, 0.15) is 11.5 Å². The summed E-state index contributed by atoms with van der Waals surface area (Å²) < 4.78 is 10.8. The van der Waals surface area contributed by atoms with E-state index in [4.69, 9.17) is 9.47 Å². The molecule has 0 heterocycles. The second-order valence-corrected chi connectivity index (χ2v) is 4.15. The molecule has 0 aliphatic carbocycles. The normalized spacial score (nSPS) is 10.1. The van der Waals surface area contributed by atoms with Crippen LogP contribution in [0.15, 0.2) is 42.5 Å². The summed E-state index contributed by atoms with van der Waals surface area (Å²) in [6, 6.07) is 13.3. The van der Waals surface area contributed by atoms with Crippen molar-refractivity contribution >= 4 is 5.78 Å². The molecule has 19 heavy (non-hydrogen) atoms. The van der Waals surface area contributed by atoms with Gasteiger partial charge in [-0.1, -0.05) is 30.3 Å². The van der Waals surface area contributed by atoms with E-state index in [1.807, 2.05) is 30.3 Å². The molecule has 0 saturated heterocycles. The van der Waals surface area contributed by atoms with Gasteiger partial charge in [-0.15, -0.1) is 0 Å². The van der Waals surface area contributed by atoms with Crippen LogP contribution in [0.5, 0.6) is 11.5 Å². The summed E-state index contributed by atoms with van der Waals surface area (Å²) in [5.74, 6) is 1.21. The SMILES string of the molecule is COc1ccc(C(C)=O)c(OC)c1-c1ccccc1. The van der Waals surface area contributed by atoms with Crippen LogP contribution in [0, 0.1) is 0 Å². The Morgan fingerprint density at radius 1 is 0.947 bits per heavy atom. The van der Waals surface area contributed by atoms with Crippen molar-refractivity contribution < 1.29 is 14.3 Å². The Morgan fingerprint density at radius 3 is 2.16 bits per heavy atom. The van der Waals surface area contributed by atoms with E-state index < -0.39 is 0 Å².